The summed E-state index contributed by atoms with van der Waals surface area (Å²) in [7, 11) is 0. The van der Waals surface area contributed by atoms with Crippen molar-refractivity contribution in [2.45, 2.75) is 12.5 Å². The van der Waals surface area contributed by atoms with Gasteiger partial charge in [-0.05, 0) is 30.2 Å². The van der Waals surface area contributed by atoms with Gasteiger partial charge in [-0.2, -0.15) is 0 Å². The molecule has 1 saturated heterocycles. The van der Waals surface area contributed by atoms with Crippen molar-refractivity contribution in [2.24, 2.45) is 0 Å². The Labute approximate surface area is 99.2 Å². The van der Waals surface area contributed by atoms with Crippen molar-refractivity contribution in [3.8, 4) is 0 Å². The molecule has 1 atom stereocenters. The summed E-state index contributed by atoms with van der Waals surface area (Å²) in [6.45, 7) is 0.986. The summed E-state index contributed by atoms with van der Waals surface area (Å²) in [6.07, 6.45) is 3.33. The fraction of sp³-hybridized carbons (Fsp3) is 0.308. The lowest BCUT2D eigenvalue weighted by molar-refractivity contribution is -0.125. The number of aliphatic hydroxyl groups is 1. The van der Waals surface area contributed by atoms with Gasteiger partial charge in [0.25, 0.3) is 0 Å². The van der Waals surface area contributed by atoms with Crippen molar-refractivity contribution in [1.29, 1.82) is 0 Å². The highest BCUT2D eigenvalue weighted by Gasteiger charge is 2.22. The standard InChI is InChI=1S/C13H14FNO2/c14-11-4-1-10(2-5-11)3-6-13(17)15-8-7-12(16)9-15/h1-6,12,16H,7-9H2/b6-3+. The van der Waals surface area contributed by atoms with Crippen LogP contribution in [0.4, 0.5) is 4.39 Å². The molecular weight excluding hydrogens is 221 g/mol. The molecule has 1 aromatic carbocycles. The van der Waals surface area contributed by atoms with Gasteiger partial charge >= 0.3 is 0 Å². The number of benzene rings is 1. The lowest BCUT2D eigenvalue weighted by Gasteiger charge is -2.12. The van der Waals surface area contributed by atoms with Gasteiger partial charge < -0.3 is 10.0 Å². The topological polar surface area (TPSA) is 40.5 Å². The van der Waals surface area contributed by atoms with Crippen LogP contribution in [0, 0.1) is 5.82 Å². The van der Waals surface area contributed by atoms with E-state index in [1.54, 1.807) is 23.1 Å². The Balaban J connectivity index is 1.96. The van der Waals surface area contributed by atoms with Gasteiger partial charge in [-0.3, -0.25) is 4.79 Å². The molecule has 1 aliphatic heterocycles. The fourth-order valence-electron chi connectivity index (χ4n) is 1.79. The van der Waals surface area contributed by atoms with Crippen LogP contribution in [-0.4, -0.2) is 35.1 Å². The molecule has 0 radical (unpaired) electrons. The van der Waals surface area contributed by atoms with E-state index in [1.807, 2.05) is 0 Å². The number of nitrogens with zero attached hydrogens (tertiary/aromatic N) is 1. The average Bonchev–Trinajstić information content (AvgIpc) is 2.75. The molecule has 0 saturated carbocycles. The summed E-state index contributed by atoms with van der Waals surface area (Å²) in [5.74, 6) is -0.415. The Hall–Kier alpha value is -1.68. The first-order valence-electron chi connectivity index (χ1n) is 5.56. The molecular formula is C13H14FNO2. The first-order valence-corrected chi connectivity index (χ1v) is 5.56. The number of hydrogen-bond acceptors (Lipinski definition) is 2. The minimum atomic E-state index is -0.404. The number of carbonyl (C=O) groups excluding carboxylic acids is 1. The predicted octanol–water partition coefficient (Wildman–Crippen LogP) is 1.43. The molecule has 1 fully saturated rings. The van der Waals surface area contributed by atoms with Gasteiger partial charge in [0.2, 0.25) is 5.91 Å². The maximum Gasteiger partial charge on any atom is 0.246 e. The van der Waals surface area contributed by atoms with Crippen molar-refractivity contribution in [2.75, 3.05) is 13.1 Å². The molecule has 2 rings (SSSR count). The molecule has 1 N–H and O–H groups in total. The number of likely N-dealkylation sites (tertiary alicyclic amines) is 1. The molecule has 1 unspecified atom stereocenters. The van der Waals surface area contributed by atoms with Gasteiger partial charge in [0.15, 0.2) is 0 Å². The van der Waals surface area contributed by atoms with E-state index in [1.165, 1.54) is 18.2 Å². The van der Waals surface area contributed by atoms with Crippen molar-refractivity contribution in [1.82, 2.24) is 4.90 Å². The van der Waals surface area contributed by atoms with E-state index < -0.39 is 6.10 Å². The molecule has 0 aliphatic carbocycles. The highest BCUT2D eigenvalue weighted by atomic mass is 19.1. The van der Waals surface area contributed by atoms with E-state index in [0.717, 1.165) is 5.56 Å². The molecule has 0 aromatic heterocycles. The fourth-order valence-corrected chi connectivity index (χ4v) is 1.79. The van der Waals surface area contributed by atoms with Gasteiger partial charge in [0.1, 0.15) is 5.82 Å². The lowest BCUT2D eigenvalue weighted by atomic mass is 10.2. The number of aliphatic hydroxyl groups excluding tert-OH is 1. The van der Waals surface area contributed by atoms with E-state index in [-0.39, 0.29) is 11.7 Å². The molecule has 4 heteroatoms. The van der Waals surface area contributed by atoms with Crippen LogP contribution < -0.4 is 0 Å². The van der Waals surface area contributed by atoms with Crippen LogP contribution in [0.1, 0.15) is 12.0 Å². The summed E-state index contributed by atoms with van der Waals surface area (Å²) in [5.41, 5.74) is 0.777. The third-order valence-corrected chi connectivity index (χ3v) is 2.76. The zero-order chi connectivity index (χ0) is 12.3. The number of β-amino-alcohol motifs (C(OH)–C–C–N with tert-alkyl or cyclic N) is 1. The first kappa shape index (κ1) is 11.8. The van der Waals surface area contributed by atoms with Gasteiger partial charge in [-0.1, -0.05) is 12.1 Å². The summed E-state index contributed by atoms with van der Waals surface area (Å²) in [5, 5.41) is 9.30. The second-order valence-electron chi connectivity index (χ2n) is 4.11. The van der Waals surface area contributed by atoms with E-state index >= 15 is 0 Å². The molecule has 90 valence electrons. The Morgan fingerprint density at radius 3 is 2.71 bits per heavy atom. The molecule has 1 aliphatic rings. The summed E-state index contributed by atoms with van der Waals surface area (Å²) in [6, 6.07) is 5.92. The van der Waals surface area contributed by atoms with Crippen LogP contribution in [0.15, 0.2) is 30.3 Å². The van der Waals surface area contributed by atoms with Crippen LogP contribution in [0.3, 0.4) is 0 Å². The second-order valence-corrected chi connectivity index (χ2v) is 4.11. The summed E-state index contributed by atoms with van der Waals surface area (Å²) in [4.78, 5) is 13.3. The van der Waals surface area contributed by atoms with Crippen molar-refractivity contribution in [3.05, 3.63) is 41.7 Å². The maximum absolute atomic E-state index is 12.6. The summed E-state index contributed by atoms with van der Waals surface area (Å²) >= 11 is 0. The van der Waals surface area contributed by atoms with Crippen molar-refractivity contribution >= 4 is 12.0 Å². The molecule has 0 spiro atoms. The highest BCUT2D eigenvalue weighted by Crippen LogP contribution is 2.10. The third kappa shape index (κ3) is 3.14. The van der Waals surface area contributed by atoms with Crippen molar-refractivity contribution < 1.29 is 14.3 Å². The zero-order valence-electron chi connectivity index (χ0n) is 9.34. The Morgan fingerprint density at radius 2 is 2.12 bits per heavy atom. The van der Waals surface area contributed by atoms with Gasteiger partial charge in [0, 0.05) is 19.2 Å². The Kier molecular flexibility index (Phi) is 3.54. The minimum Gasteiger partial charge on any atom is -0.391 e. The number of carbonyl (C=O) groups is 1. The van der Waals surface area contributed by atoms with Crippen LogP contribution in [0.25, 0.3) is 6.08 Å². The Bertz CT molecular complexity index is 428. The SMILES string of the molecule is O=C(/C=C/c1ccc(F)cc1)N1CCC(O)C1. The van der Waals surface area contributed by atoms with Crippen LogP contribution in [0.5, 0.6) is 0 Å². The van der Waals surface area contributed by atoms with E-state index in [2.05, 4.69) is 0 Å². The molecule has 0 bridgehead atoms. The largest absolute Gasteiger partial charge is 0.391 e. The third-order valence-electron chi connectivity index (χ3n) is 2.76. The van der Waals surface area contributed by atoms with Crippen LogP contribution >= 0.6 is 0 Å². The van der Waals surface area contributed by atoms with Gasteiger partial charge in [-0.25, -0.2) is 4.39 Å². The quantitative estimate of drug-likeness (QED) is 0.788. The van der Waals surface area contributed by atoms with E-state index in [9.17, 15) is 14.3 Å². The second kappa shape index (κ2) is 5.10. The number of halogens is 1. The normalized spacial score (nSPS) is 20.1. The minimum absolute atomic E-state index is 0.120. The first-order chi connectivity index (χ1) is 8.15. The van der Waals surface area contributed by atoms with Gasteiger partial charge in [-0.15, -0.1) is 0 Å². The van der Waals surface area contributed by atoms with Crippen LogP contribution in [0.2, 0.25) is 0 Å². The molecule has 1 aromatic rings. The number of rotatable bonds is 2. The molecule has 17 heavy (non-hydrogen) atoms. The Morgan fingerprint density at radius 1 is 1.41 bits per heavy atom. The van der Waals surface area contributed by atoms with E-state index in [0.29, 0.717) is 19.5 Å². The summed E-state index contributed by atoms with van der Waals surface area (Å²) < 4.78 is 12.6. The molecule has 1 amide bonds. The maximum atomic E-state index is 12.6. The van der Waals surface area contributed by atoms with Gasteiger partial charge in [0.05, 0.1) is 6.10 Å². The number of amides is 1. The highest BCUT2D eigenvalue weighted by molar-refractivity contribution is 5.91. The average molecular weight is 235 g/mol. The predicted molar refractivity (Wildman–Crippen MR) is 62.6 cm³/mol. The van der Waals surface area contributed by atoms with Crippen LogP contribution in [-0.2, 0) is 4.79 Å². The molecule has 1 heterocycles. The monoisotopic (exact) mass is 235 g/mol. The number of hydrogen-bond donors (Lipinski definition) is 1. The van der Waals surface area contributed by atoms with Crippen molar-refractivity contribution in [3.63, 3.8) is 0 Å². The zero-order valence-corrected chi connectivity index (χ0v) is 9.34. The lowest BCUT2D eigenvalue weighted by Crippen LogP contribution is -2.27. The smallest absolute Gasteiger partial charge is 0.246 e. The molecule has 3 nitrogen and oxygen atoms in total. The van der Waals surface area contributed by atoms with E-state index in [4.69, 9.17) is 0 Å².